The Bertz CT molecular complexity index is 1250. The van der Waals surface area contributed by atoms with E-state index in [1.54, 1.807) is 18.5 Å². The zero-order valence-corrected chi connectivity index (χ0v) is 17.8. The molecule has 1 N–H and O–H groups in total. The predicted octanol–water partition coefficient (Wildman–Crippen LogP) is 3.09. The van der Waals surface area contributed by atoms with Gasteiger partial charge < -0.3 is 15.1 Å². The molecular formula is C24H23N7O. The second-order valence-corrected chi connectivity index (χ2v) is 7.87. The summed E-state index contributed by atoms with van der Waals surface area (Å²) in [5, 5.41) is 12.2. The summed E-state index contributed by atoms with van der Waals surface area (Å²) in [5.74, 6) is 0.978. The maximum absolute atomic E-state index is 12.9. The zero-order valence-electron chi connectivity index (χ0n) is 17.8. The van der Waals surface area contributed by atoms with Gasteiger partial charge in [-0.3, -0.25) is 9.78 Å². The smallest absolute Gasteiger partial charge is 0.257 e. The van der Waals surface area contributed by atoms with Crippen LogP contribution in [0.1, 0.15) is 10.4 Å². The van der Waals surface area contributed by atoms with E-state index in [2.05, 4.69) is 42.3 Å². The van der Waals surface area contributed by atoms with E-state index in [1.165, 1.54) is 0 Å². The molecule has 5 rings (SSSR count). The Balaban J connectivity index is 1.36. The van der Waals surface area contributed by atoms with Crippen molar-refractivity contribution >= 4 is 28.4 Å². The number of anilines is 2. The largest absolute Gasteiger partial charge is 0.354 e. The van der Waals surface area contributed by atoms with E-state index in [0.29, 0.717) is 11.4 Å². The fraction of sp³-hybridized carbons (Fsp3) is 0.208. The Hall–Kier alpha value is -3.91. The Morgan fingerprint density at radius 1 is 0.906 bits per heavy atom. The van der Waals surface area contributed by atoms with Crippen LogP contribution in [0.4, 0.5) is 11.6 Å². The van der Waals surface area contributed by atoms with Crippen LogP contribution in [0.5, 0.6) is 0 Å². The number of carbonyl (C=O) groups excluding carboxylic acids is 1. The molecule has 160 valence electrons. The highest BCUT2D eigenvalue weighted by Crippen LogP contribution is 2.23. The molecular weight excluding hydrogens is 402 g/mol. The molecule has 0 unspecified atom stereocenters. The quantitative estimate of drug-likeness (QED) is 0.538. The Morgan fingerprint density at radius 3 is 2.59 bits per heavy atom. The van der Waals surface area contributed by atoms with Gasteiger partial charge in [-0.05, 0) is 49.5 Å². The molecule has 0 saturated carbocycles. The molecule has 1 amide bonds. The van der Waals surface area contributed by atoms with Crippen molar-refractivity contribution in [1.82, 2.24) is 25.1 Å². The highest BCUT2D eigenvalue weighted by atomic mass is 16.1. The van der Waals surface area contributed by atoms with Crippen LogP contribution in [0.3, 0.4) is 0 Å². The van der Waals surface area contributed by atoms with Gasteiger partial charge in [-0.15, -0.1) is 10.2 Å². The van der Waals surface area contributed by atoms with Crippen LogP contribution < -0.4 is 10.2 Å². The topological polar surface area (TPSA) is 87.1 Å². The summed E-state index contributed by atoms with van der Waals surface area (Å²) in [7, 11) is 2.11. The highest BCUT2D eigenvalue weighted by Gasteiger charge is 2.17. The number of rotatable bonds is 4. The SMILES string of the molecule is CN1CCN(c2cc(C(=O)Nc3cc4cc(-c5ccccn5)ccc4nn3)ccn2)CC1. The lowest BCUT2D eigenvalue weighted by atomic mass is 10.1. The Labute approximate surface area is 185 Å². The summed E-state index contributed by atoms with van der Waals surface area (Å²) in [5.41, 5.74) is 3.15. The molecule has 0 spiro atoms. The molecule has 0 radical (unpaired) electrons. The standard InChI is InChI=1S/C24H23N7O/c1-30-10-12-31(13-11-30)23-16-18(7-9-26-23)24(32)27-22-15-19-14-17(5-6-21(19)28-29-22)20-4-2-3-8-25-20/h2-9,14-16H,10-13H2,1H3,(H,27,29,32). The normalized spacial score (nSPS) is 14.5. The number of benzene rings is 1. The van der Waals surface area contributed by atoms with Gasteiger partial charge in [0.25, 0.3) is 5.91 Å². The number of nitrogens with zero attached hydrogens (tertiary/aromatic N) is 6. The van der Waals surface area contributed by atoms with Crippen molar-refractivity contribution in [2.45, 2.75) is 0 Å². The van der Waals surface area contributed by atoms with Gasteiger partial charge in [-0.1, -0.05) is 12.1 Å². The number of amides is 1. The van der Waals surface area contributed by atoms with Gasteiger partial charge in [0.1, 0.15) is 5.82 Å². The van der Waals surface area contributed by atoms with Gasteiger partial charge in [-0.25, -0.2) is 4.98 Å². The highest BCUT2D eigenvalue weighted by molar-refractivity contribution is 6.04. The third-order valence-corrected chi connectivity index (χ3v) is 5.62. The van der Waals surface area contributed by atoms with E-state index in [4.69, 9.17) is 0 Å². The first-order valence-electron chi connectivity index (χ1n) is 10.6. The van der Waals surface area contributed by atoms with Crippen LogP contribution in [-0.4, -0.2) is 64.2 Å². The van der Waals surface area contributed by atoms with Crippen LogP contribution in [-0.2, 0) is 0 Å². The number of pyridine rings is 2. The second-order valence-electron chi connectivity index (χ2n) is 7.87. The summed E-state index contributed by atoms with van der Waals surface area (Å²) >= 11 is 0. The average molecular weight is 425 g/mol. The monoisotopic (exact) mass is 425 g/mol. The Kier molecular flexibility index (Phi) is 5.43. The molecule has 8 heteroatoms. The fourth-order valence-electron chi connectivity index (χ4n) is 3.76. The van der Waals surface area contributed by atoms with Crippen molar-refractivity contribution < 1.29 is 4.79 Å². The predicted molar refractivity (Wildman–Crippen MR) is 125 cm³/mol. The van der Waals surface area contributed by atoms with Gasteiger partial charge in [0.05, 0.1) is 11.2 Å². The van der Waals surface area contributed by atoms with E-state index in [0.717, 1.165) is 54.2 Å². The third kappa shape index (κ3) is 4.26. The van der Waals surface area contributed by atoms with E-state index in [1.807, 2.05) is 48.5 Å². The lowest BCUT2D eigenvalue weighted by Crippen LogP contribution is -2.44. The van der Waals surface area contributed by atoms with Crippen molar-refractivity contribution in [3.05, 3.63) is 72.6 Å². The maximum atomic E-state index is 12.9. The van der Waals surface area contributed by atoms with Crippen molar-refractivity contribution in [2.24, 2.45) is 0 Å². The van der Waals surface area contributed by atoms with Crippen LogP contribution in [0.2, 0.25) is 0 Å². The average Bonchev–Trinajstić information content (AvgIpc) is 2.84. The van der Waals surface area contributed by atoms with Crippen molar-refractivity contribution in [3.63, 3.8) is 0 Å². The van der Waals surface area contributed by atoms with E-state index in [-0.39, 0.29) is 5.91 Å². The van der Waals surface area contributed by atoms with Crippen LogP contribution in [0, 0.1) is 0 Å². The molecule has 3 aromatic heterocycles. The maximum Gasteiger partial charge on any atom is 0.257 e. The van der Waals surface area contributed by atoms with Crippen LogP contribution in [0.25, 0.3) is 22.2 Å². The van der Waals surface area contributed by atoms with Crippen molar-refractivity contribution in [3.8, 4) is 11.3 Å². The number of hydrogen-bond donors (Lipinski definition) is 1. The van der Waals surface area contributed by atoms with Crippen molar-refractivity contribution in [2.75, 3.05) is 43.4 Å². The minimum absolute atomic E-state index is 0.239. The summed E-state index contributed by atoms with van der Waals surface area (Å²) in [6.45, 7) is 3.74. The number of hydrogen-bond acceptors (Lipinski definition) is 7. The van der Waals surface area contributed by atoms with Crippen LogP contribution >= 0.6 is 0 Å². The summed E-state index contributed by atoms with van der Waals surface area (Å²) in [6, 6.07) is 17.0. The van der Waals surface area contributed by atoms with Crippen molar-refractivity contribution in [1.29, 1.82) is 0 Å². The number of carbonyl (C=O) groups is 1. The lowest BCUT2D eigenvalue weighted by molar-refractivity contribution is 0.102. The summed E-state index contributed by atoms with van der Waals surface area (Å²) < 4.78 is 0. The van der Waals surface area contributed by atoms with Gasteiger partial charge >= 0.3 is 0 Å². The lowest BCUT2D eigenvalue weighted by Gasteiger charge is -2.33. The van der Waals surface area contributed by atoms with Gasteiger partial charge in [0, 0.05) is 55.1 Å². The third-order valence-electron chi connectivity index (χ3n) is 5.62. The summed E-state index contributed by atoms with van der Waals surface area (Å²) in [4.78, 5) is 26.2. The molecule has 32 heavy (non-hydrogen) atoms. The molecule has 0 bridgehead atoms. The number of piperazine rings is 1. The van der Waals surface area contributed by atoms with E-state index < -0.39 is 0 Å². The molecule has 8 nitrogen and oxygen atoms in total. The molecule has 0 aliphatic carbocycles. The first-order chi connectivity index (χ1) is 15.7. The zero-order chi connectivity index (χ0) is 21.9. The minimum atomic E-state index is -0.239. The Morgan fingerprint density at radius 2 is 1.78 bits per heavy atom. The van der Waals surface area contributed by atoms with Crippen LogP contribution in [0.15, 0.2) is 67.0 Å². The molecule has 1 aromatic carbocycles. The molecule has 1 aliphatic rings. The molecule has 1 aliphatic heterocycles. The molecule has 0 atom stereocenters. The first-order valence-corrected chi connectivity index (χ1v) is 10.6. The number of fused-ring (bicyclic) bond motifs is 1. The number of likely N-dealkylation sites (N-methyl/N-ethyl adjacent to an activating group) is 1. The molecule has 1 fully saturated rings. The molecule has 4 aromatic rings. The molecule has 1 saturated heterocycles. The number of nitrogens with one attached hydrogen (secondary N) is 1. The van der Waals surface area contributed by atoms with Gasteiger partial charge in [0.2, 0.25) is 0 Å². The van der Waals surface area contributed by atoms with E-state index in [9.17, 15) is 4.79 Å². The minimum Gasteiger partial charge on any atom is -0.354 e. The molecule has 4 heterocycles. The van der Waals surface area contributed by atoms with E-state index >= 15 is 0 Å². The van der Waals surface area contributed by atoms with Gasteiger partial charge in [-0.2, -0.15) is 0 Å². The first kappa shape index (κ1) is 20.0. The van der Waals surface area contributed by atoms with Gasteiger partial charge in [0.15, 0.2) is 5.82 Å². The fourth-order valence-corrected chi connectivity index (χ4v) is 3.76. The second kappa shape index (κ2) is 8.68. The number of aromatic nitrogens is 4. The summed E-state index contributed by atoms with van der Waals surface area (Å²) in [6.07, 6.45) is 3.44.